The Kier molecular flexibility index (Phi) is 3.34. The van der Waals surface area contributed by atoms with E-state index < -0.39 is 10.0 Å². The van der Waals surface area contributed by atoms with Crippen molar-refractivity contribution in [2.24, 2.45) is 0 Å². The lowest BCUT2D eigenvalue weighted by Gasteiger charge is -2.20. The third-order valence-electron chi connectivity index (χ3n) is 4.98. The van der Waals surface area contributed by atoms with Crippen molar-refractivity contribution in [3.05, 3.63) is 54.1 Å². The average molecular weight is 340 g/mol. The molecule has 24 heavy (non-hydrogen) atoms. The van der Waals surface area contributed by atoms with Crippen LogP contribution in [0.3, 0.4) is 0 Å². The Labute approximate surface area is 142 Å². The van der Waals surface area contributed by atoms with Crippen LogP contribution in [0.4, 0.5) is 0 Å². The molecule has 5 heteroatoms. The fraction of sp³-hybridized carbons (Fsp3) is 0.263. The van der Waals surface area contributed by atoms with E-state index in [-0.39, 0.29) is 0 Å². The van der Waals surface area contributed by atoms with Crippen LogP contribution in [-0.2, 0) is 16.4 Å². The lowest BCUT2D eigenvalue weighted by atomic mass is 9.99. The molecule has 1 aliphatic rings. The first kappa shape index (κ1) is 15.4. The van der Waals surface area contributed by atoms with Gasteiger partial charge in [-0.3, -0.25) is 0 Å². The normalized spacial score (nSPS) is 16.3. The zero-order valence-electron chi connectivity index (χ0n) is 14.0. The molecule has 4 nitrogen and oxygen atoms in total. The van der Waals surface area contributed by atoms with E-state index in [0.717, 1.165) is 34.1 Å². The van der Waals surface area contributed by atoms with Crippen LogP contribution < -0.4 is 0 Å². The van der Waals surface area contributed by atoms with Crippen molar-refractivity contribution in [2.75, 3.05) is 14.1 Å². The van der Waals surface area contributed by atoms with Gasteiger partial charge in [0.15, 0.2) is 0 Å². The minimum Gasteiger partial charge on any atom is -0.306 e. The van der Waals surface area contributed by atoms with Gasteiger partial charge in [-0.15, -0.1) is 0 Å². The van der Waals surface area contributed by atoms with E-state index in [4.69, 9.17) is 0 Å². The van der Waals surface area contributed by atoms with Crippen LogP contribution >= 0.6 is 0 Å². The van der Waals surface area contributed by atoms with Crippen molar-refractivity contribution in [1.82, 2.24) is 8.87 Å². The molecule has 0 bridgehead atoms. The molecule has 0 saturated carbocycles. The maximum Gasteiger partial charge on any atom is 0.269 e. The number of hydrogen-bond donors (Lipinski definition) is 0. The van der Waals surface area contributed by atoms with Gasteiger partial charge < -0.3 is 4.90 Å². The lowest BCUT2D eigenvalue weighted by molar-refractivity contribution is 0.313. The fourth-order valence-electron chi connectivity index (χ4n) is 3.47. The highest BCUT2D eigenvalue weighted by Crippen LogP contribution is 2.45. The summed E-state index contributed by atoms with van der Waals surface area (Å²) in [7, 11) is 0.575. The summed E-state index contributed by atoms with van der Waals surface area (Å²) in [6.45, 7) is 2.16. The molecule has 4 rings (SSSR count). The van der Waals surface area contributed by atoms with Gasteiger partial charge in [0.25, 0.3) is 10.0 Å². The van der Waals surface area contributed by atoms with Gasteiger partial charge in [-0.25, -0.2) is 12.4 Å². The number of likely N-dealkylation sites (N-methyl/N-ethyl adjacent to an activating group) is 1. The molecule has 1 atom stereocenters. The van der Waals surface area contributed by atoms with Crippen molar-refractivity contribution in [3.8, 4) is 11.3 Å². The molecule has 0 aliphatic carbocycles. The first-order chi connectivity index (χ1) is 11.4. The first-order valence-corrected chi connectivity index (χ1v) is 9.50. The van der Waals surface area contributed by atoms with Crippen molar-refractivity contribution >= 4 is 20.9 Å². The summed E-state index contributed by atoms with van der Waals surface area (Å²) in [6, 6.07) is 15.4. The summed E-state index contributed by atoms with van der Waals surface area (Å²) in [5.41, 5.74) is 3.53. The molecule has 2 heterocycles. The van der Waals surface area contributed by atoms with Gasteiger partial charge in [0.1, 0.15) is 0 Å². The Morgan fingerprint density at radius 3 is 2.46 bits per heavy atom. The zero-order chi connectivity index (χ0) is 17.1. The molecule has 0 radical (unpaired) electrons. The number of aromatic nitrogens is 1. The minimum atomic E-state index is -3.52. The monoisotopic (exact) mass is 340 g/mol. The van der Waals surface area contributed by atoms with E-state index in [2.05, 4.69) is 11.8 Å². The van der Waals surface area contributed by atoms with Crippen molar-refractivity contribution in [2.45, 2.75) is 24.3 Å². The van der Waals surface area contributed by atoms with E-state index in [0.29, 0.717) is 10.9 Å². The maximum absolute atomic E-state index is 13.1. The second-order valence-corrected chi connectivity index (χ2v) is 8.38. The zero-order valence-corrected chi connectivity index (χ0v) is 14.8. The lowest BCUT2D eigenvalue weighted by Crippen LogP contribution is -2.26. The van der Waals surface area contributed by atoms with Gasteiger partial charge in [-0.05, 0) is 45.1 Å². The van der Waals surface area contributed by atoms with E-state index in [1.807, 2.05) is 50.5 Å². The molecular weight excluding hydrogens is 320 g/mol. The second-order valence-electron chi connectivity index (χ2n) is 6.63. The van der Waals surface area contributed by atoms with Crippen LogP contribution in [0.1, 0.15) is 12.5 Å². The molecule has 124 valence electrons. The second kappa shape index (κ2) is 5.19. The van der Waals surface area contributed by atoms with Gasteiger partial charge in [0.2, 0.25) is 0 Å². The van der Waals surface area contributed by atoms with Crippen LogP contribution in [0.2, 0.25) is 0 Å². The highest BCUT2D eigenvalue weighted by Gasteiger charge is 2.36. The van der Waals surface area contributed by atoms with Crippen LogP contribution in [0, 0.1) is 0 Å². The number of nitrogens with zero attached hydrogens (tertiary/aromatic N) is 2. The molecule has 2 aromatic carbocycles. The van der Waals surface area contributed by atoms with Crippen LogP contribution in [0.5, 0.6) is 0 Å². The number of para-hydroxylation sites is 1. The van der Waals surface area contributed by atoms with Gasteiger partial charge >= 0.3 is 0 Å². The van der Waals surface area contributed by atoms with Gasteiger partial charge in [-0.1, -0.05) is 36.4 Å². The summed E-state index contributed by atoms with van der Waals surface area (Å²) in [5, 5.41) is 1.03. The molecule has 1 aromatic heterocycles. The van der Waals surface area contributed by atoms with E-state index >= 15 is 0 Å². The summed E-state index contributed by atoms with van der Waals surface area (Å²) in [6.07, 6.45) is 0.805. The summed E-state index contributed by atoms with van der Waals surface area (Å²) in [5.74, 6) is 0. The molecule has 0 amide bonds. The van der Waals surface area contributed by atoms with Crippen molar-refractivity contribution < 1.29 is 8.42 Å². The minimum absolute atomic E-state index is 0.316. The van der Waals surface area contributed by atoms with Crippen LogP contribution in [0.25, 0.3) is 22.2 Å². The summed E-state index contributed by atoms with van der Waals surface area (Å²) < 4.78 is 27.7. The Balaban J connectivity index is 2.10. The Morgan fingerprint density at radius 1 is 1.04 bits per heavy atom. The van der Waals surface area contributed by atoms with Gasteiger partial charge in [0, 0.05) is 17.0 Å². The molecule has 0 spiro atoms. The quantitative estimate of drug-likeness (QED) is 0.574. The molecular formula is C19H20N2O2S. The number of benzene rings is 2. The van der Waals surface area contributed by atoms with Crippen molar-refractivity contribution in [3.63, 3.8) is 0 Å². The standard InChI is InChI=1S/C19H20N2O2S/c1-13(20(2)3)12-16-14-8-4-6-10-17(14)21-19(16)15-9-5-7-11-18(15)24(21,22)23/h4-11,13H,12H2,1-3H3. The highest BCUT2D eigenvalue weighted by atomic mass is 32.2. The van der Waals surface area contributed by atoms with Crippen LogP contribution in [-0.4, -0.2) is 37.4 Å². The number of fused-ring (bicyclic) bond motifs is 5. The smallest absolute Gasteiger partial charge is 0.269 e. The topological polar surface area (TPSA) is 42.3 Å². The Morgan fingerprint density at radius 2 is 1.71 bits per heavy atom. The summed E-state index contributed by atoms with van der Waals surface area (Å²) in [4.78, 5) is 2.57. The van der Waals surface area contributed by atoms with Crippen molar-refractivity contribution in [1.29, 1.82) is 0 Å². The van der Waals surface area contributed by atoms with Gasteiger partial charge in [-0.2, -0.15) is 0 Å². The SMILES string of the molecule is CC(Cc1c2n(c3ccccc13)S(=O)(=O)c1ccccc1-2)N(C)C. The third-order valence-corrected chi connectivity index (χ3v) is 6.75. The maximum atomic E-state index is 13.1. The number of rotatable bonds is 3. The highest BCUT2D eigenvalue weighted by molar-refractivity contribution is 7.90. The van der Waals surface area contributed by atoms with E-state index in [1.165, 1.54) is 3.97 Å². The largest absolute Gasteiger partial charge is 0.306 e. The number of hydrogen-bond acceptors (Lipinski definition) is 3. The van der Waals surface area contributed by atoms with E-state index in [1.54, 1.807) is 12.1 Å². The van der Waals surface area contributed by atoms with E-state index in [9.17, 15) is 8.42 Å². The molecule has 1 aliphatic heterocycles. The van der Waals surface area contributed by atoms with Gasteiger partial charge in [0.05, 0.1) is 16.1 Å². The molecule has 3 aromatic rings. The molecule has 0 saturated heterocycles. The van der Waals surface area contributed by atoms with Crippen LogP contribution in [0.15, 0.2) is 53.4 Å². The average Bonchev–Trinajstić information content (AvgIpc) is 3.01. The Bertz CT molecular complexity index is 1050. The third kappa shape index (κ3) is 1.98. The predicted molar refractivity (Wildman–Crippen MR) is 96.8 cm³/mol. The summed E-state index contributed by atoms with van der Waals surface area (Å²) >= 11 is 0. The Hall–Kier alpha value is -2.11. The molecule has 1 unspecified atom stereocenters. The first-order valence-electron chi connectivity index (χ1n) is 8.06. The molecule has 0 N–H and O–H groups in total. The predicted octanol–water partition coefficient (Wildman–Crippen LogP) is 3.35. The fourth-order valence-corrected chi connectivity index (χ4v) is 5.23. The molecule has 0 fully saturated rings.